The second-order valence-corrected chi connectivity index (χ2v) is 4.63. The molecule has 1 aliphatic rings. The van der Waals surface area contributed by atoms with Gasteiger partial charge >= 0.3 is 0 Å². The molecule has 3 heteroatoms. The highest BCUT2D eigenvalue weighted by Gasteiger charge is 2.25. The highest BCUT2D eigenvalue weighted by atomic mass is 16.3. The molecule has 88 valence electrons. The Kier molecular flexibility index (Phi) is 3.46. The van der Waals surface area contributed by atoms with Gasteiger partial charge in [-0.1, -0.05) is 17.7 Å². The summed E-state index contributed by atoms with van der Waals surface area (Å²) in [5, 5.41) is 12.8. The number of hydrogen-bond donors (Lipinski definition) is 2. The van der Waals surface area contributed by atoms with Crippen LogP contribution in [0.15, 0.2) is 24.3 Å². The molecule has 1 aromatic carbocycles. The van der Waals surface area contributed by atoms with Crippen molar-refractivity contribution in [1.29, 1.82) is 0 Å². The fourth-order valence-corrected chi connectivity index (χ4v) is 2.17. The normalized spacial score (nSPS) is 25.8. The van der Waals surface area contributed by atoms with E-state index in [1.807, 2.05) is 0 Å². The molecule has 0 aliphatic carbocycles. The maximum atomic E-state index is 9.38. The number of nitrogens with zero attached hydrogens (tertiary/aromatic N) is 1. The van der Waals surface area contributed by atoms with Gasteiger partial charge in [-0.3, -0.25) is 0 Å². The number of aliphatic hydroxyl groups is 1. The third kappa shape index (κ3) is 2.36. The second kappa shape index (κ2) is 4.85. The summed E-state index contributed by atoms with van der Waals surface area (Å²) in [6, 6.07) is 9.18. The predicted octanol–water partition coefficient (Wildman–Crippen LogP) is 1.15. The van der Waals surface area contributed by atoms with Crippen molar-refractivity contribution in [3.63, 3.8) is 0 Å². The third-order valence-corrected chi connectivity index (χ3v) is 3.19. The van der Waals surface area contributed by atoms with E-state index in [1.54, 1.807) is 0 Å². The minimum absolute atomic E-state index is 0.193. The Morgan fingerprint density at radius 2 is 2.06 bits per heavy atom. The molecule has 16 heavy (non-hydrogen) atoms. The SMILES string of the molecule is Cc1ccc(N2CC(C)NCC2CO)cc1. The van der Waals surface area contributed by atoms with Crippen LogP contribution >= 0.6 is 0 Å². The van der Waals surface area contributed by atoms with Crippen LogP contribution in [0.3, 0.4) is 0 Å². The van der Waals surface area contributed by atoms with Gasteiger partial charge in [0.1, 0.15) is 0 Å². The predicted molar refractivity (Wildman–Crippen MR) is 66.9 cm³/mol. The molecule has 0 radical (unpaired) electrons. The molecule has 1 fully saturated rings. The fraction of sp³-hybridized carbons (Fsp3) is 0.538. The number of piperazine rings is 1. The van der Waals surface area contributed by atoms with Gasteiger partial charge in [0.25, 0.3) is 0 Å². The van der Waals surface area contributed by atoms with Gasteiger partial charge in [0.05, 0.1) is 12.6 Å². The standard InChI is InChI=1S/C13H20N2O/c1-10-3-5-12(6-4-10)15-8-11(2)14-7-13(15)9-16/h3-6,11,13-14,16H,7-9H2,1-2H3. The average Bonchev–Trinajstić information content (AvgIpc) is 2.30. The first kappa shape index (κ1) is 11.4. The topological polar surface area (TPSA) is 35.5 Å². The zero-order chi connectivity index (χ0) is 11.5. The van der Waals surface area contributed by atoms with Crippen LogP contribution in [0.2, 0.25) is 0 Å². The molecule has 2 unspecified atom stereocenters. The van der Waals surface area contributed by atoms with E-state index in [-0.39, 0.29) is 12.6 Å². The van der Waals surface area contributed by atoms with Crippen molar-refractivity contribution in [1.82, 2.24) is 5.32 Å². The molecular formula is C13H20N2O. The number of hydrogen-bond acceptors (Lipinski definition) is 3. The van der Waals surface area contributed by atoms with E-state index < -0.39 is 0 Å². The molecular weight excluding hydrogens is 200 g/mol. The van der Waals surface area contributed by atoms with Gasteiger partial charge in [0.2, 0.25) is 0 Å². The molecule has 2 rings (SSSR count). The molecule has 0 bridgehead atoms. The zero-order valence-corrected chi connectivity index (χ0v) is 9.98. The van der Waals surface area contributed by atoms with E-state index in [9.17, 15) is 5.11 Å². The maximum absolute atomic E-state index is 9.38. The second-order valence-electron chi connectivity index (χ2n) is 4.63. The molecule has 0 saturated carbocycles. The van der Waals surface area contributed by atoms with Gasteiger partial charge in [-0.05, 0) is 26.0 Å². The molecule has 0 spiro atoms. The van der Waals surface area contributed by atoms with E-state index in [0.717, 1.165) is 13.1 Å². The monoisotopic (exact) mass is 220 g/mol. The quantitative estimate of drug-likeness (QED) is 0.785. The van der Waals surface area contributed by atoms with Crippen molar-refractivity contribution in [2.75, 3.05) is 24.6 Å². The summed E-state index contributed by atoms with van der Waals surface area (Å²) in [5.41, 5.74) is 2.48. The lowest BCUT2D eigenvalue weighted by Gasteiger charge is -2.40. The van der Waals surface area contributed by atoms with Gasteiger partial charge in [-0.15, -0.1) is 0 Å². The number of anilines is 1. The van der Waals surface area contributed by atoms with E-state index in [4.69, 9.17) is 0 Å². The fourth-order valence-electron chi connectivity index (χ4n) is 2.17. The Labute approximate surface area is 97.1 Å². The molecule has 1 aliphatic heterocycles. The number of aryl methyl sites for hydroxylation is 1. The molecule has 1 saturated heterocycles. The van der Waals surface area contributed by atoms with Crippen molar-refractivity contribution < 1.29 is 5.11 Å². The van der Waals surface area contributed by atoms with Gasteiger partial charge in [0, 0.05) is 24.8 Å². The summed E-state index contributed by atoms with van der Waals surface area (Å²) in [6.45, 7) is 6.27. The summed E-state index contributed by atoms with van der Waals surface area (Å²) in [6.07, 6.45) is 0. The van der Waals surface area contributed by atoms with E-state index in [0.29, 0.717) is 6.04 Å². The van der Waals surface area contributed by atoms with Gasteiger partial charge in [-0.25, -0.2) is 0 Å². The lowest BCUT2D eigenvalue weighted by atomic mass is 10.1. The number of rotatable bonds is 2. The van der Waals surface area contributed by atoms with Crippen LogP contribution in [-0.2, 0) is 0 Å². The summed E-state index contributed by atoms with van der Waals surface area (Å²) in [5.74, 6) is 0. The van der Waals surface area contributed by atoms with Crippen LogP contribution in [0.5, 0.6) is 0 Å². The summed E-state index contributed by atoms with van der Waals surface area (Å²) in [7, 11) is 0. The van der Waals surface area contributed by atoms with Crippen LogP contribution in [-0.4, -0.2) is 36.9 Å². The van der Waals surface area contributed by atoms with Crippen molar-refractivity contribution in [3.8, 4) is 0 Å². The smallest absolute Gasteiger partial charge is 0.0647 e. The lowest BCUT2D eigenvalue weighted by molar-refractivity contribution is 0.237. The lowest BCUT2D eigenvalue weighted by Crippen LogP contribution is -2.57. The first-order valence-corrected chi connectivity index (χ1v) is 5.88. The minimum atomic E-state index is 0.193. The van der Waals surface area contributed by atoms with Gasteiger partial charge in [-0.2, -0.15) is 0 Å². The van der Waals surface area contributed by atoms with Crippen LogP contribution < -0.4 is 10.2 Å². The number of benzene rings is 1. The molecule has 1 aromatic rings. The van der Waals surface area contributed by atoms with E-state index in [2.05, 4.69) is 48.3 Å². The molecule has 0 aromatic heterocycles. The molecule has 2 atom stereocenters. The Morgan fingerprint density at radius 1 is 1.38 bits per heavy atom. The molecule has 1 heterocycles. The molecule has 2 N–H and O–H groups in total. The Morgan fingerprint density at radius 3 is 2.69 bits per heavy atom. The minimum Gasteiger partial charge on any atom is -0.394 e. The number of aliphatic hydroxyl groups excluding tert-OH is 1. The van der Waals surface area contributed by atoms with Gasteiger partial charge in [0.15, 0.2) is 0 Å². The van der Waals surface area contributed by atoms with Crippen molar-refractivity contribution in [2.24, 2.45) is 0 Å². The Hall–Kier alpha value is -1.06. The van der Waals surface area contributed by atoms with Crippen LogP contribution in [0.4, 0.5) is 5.69 Å². The highest BCUT2D eigenvalue weighted by Crippen LogP contribution is 2.20. The Bertz CT molecular complexity index is 336. The van der Waals surface area contributed by atoms with Crippen LogP contribution in [0.25, 0.3) is 0 Å². The van der Waals surface area contributed by atoms with Crippen LogP contribution in [0, 0.1) is 6.92 Å². The summed E-state index contributed by atoms with van der Waals surface area (Å²) >= 11 is 0. The van der Waals surface area contributed by atoms with Crippen molar-refractivity contribution in [2.45, 2.75) is 25.9 Å². The number of nitrogens with one attached hydrogen (secondary N) is 1. The third-order valence-electron chi connectivity index (χ3n) is 3.19. The maximum Gasteiger partial charge on any atom is 0.0647 e. The summed E-state index contributed by atoms with van der Waals surface area (Å²) < 4.78 is 0. The highest BCUT2D eigenvalue weighted by molar-refractivity contribution is 5.49. The zero-order valence-electron chi connectivity index (χ0n) is 9.98. The van der Waals surface area contributed by atoms with Crippen molar-refractivity contribution >= 4 is 5.69 Å². The molecule has 0 amide bonds. The van der Waals surface area contributed by atoms with E-state index >= 15 is 0 Å². The Balaban J connectivity index is 2.18. The average molecular weight is 220 g/mol. The largest absolute Gasteiger partial charge is 0.394 e. The van der Waals surface area contributed by atoms with Crippen LogP contribution in [0.1, 0.15) is 12.5 Å². The first-order valence-electron chi connectivity index (χ1n) is 5.88. The van der Waals surface area contributed by atoms with E-state index in [1.165, 1.54) is 11.3 Å². The van der Waals surface area contributed by atoms with Gasteiger partial charge < -0.3 is 15.3 Å². The molecule has 3 nitrogen and oxygen atoms in total. The summed E-state index contributed by atoms with van der Waals surface area (Å²) in [4.78, 5) is 2.29. The van der Waals surface area contributed by atoms with Crippen molar-refractivity contribution in [3.05, 3.63) is 29.8 Å². The first-order chi connectivity index (χ1) is 7.70.